The van der Waals surface area contributed by atoms with Crippen LogP contribution in [0.25, 0.3) is 0 Å². The Morgan fingerprint density at radius 2 is 2.00 bits per heavy atom. The van der Waals surface area contributed by atoms with Gasteiger partial charge >= 0.3 is 0 Å². The van der Waals surface area contributed by atoms with Crippen LogP contribution in [0.3, 0.4) is 0 Å². The van der Waals surface area contributed by atoms with E-state index in [2.05, 4.69) is 19.2 Å². The molecular weight excluding hydrogens is 246 g/mol. The Bertz CT molecular complexity index is 285. The van der Waals surface area contributed by atoms with Crippen LogP contribution in [0.1, 0.15) is 52.4 Å². The van der Waals surface area contributed by atoms with Gasteiger partial charge in [0.25, 0.3) is 0 Å². The highest BCUT2D eigenvalue weighted by molar-refractivity contribution is 7.86. The summed E-state index contributed by atoms with van der Waals surface area (Å²) in [6, 6.07) is 0.465. The summed E-state index contributed by atoms with van der Waals surface area (Å²) >= 11 is 0. The van der Waals surface area contributed by atoms with Gasteiger partial charge in [-0.15, -0.1) is 0 Å². The van der Waals surface area contributed by atoms with E-state index >= 15 is 0 Å². The van der Waals surface area contributed by atoms with Gasteiger partial charge in [-0.25, -0.2) is 0 Å². The maximum Gasteiger partial charge on any atom is 0.0691 e. The lowest BCUT2D eigenvalue weighted by molar-refractivity contribution is 0.126. The van der Waals surface area contributed by atoms with Crippen LogP contribution in [-0.2, 0) is 15.5 Å². The molecule has 1 aliphatic heterocycles. The predicted molar refractivity (Wildman–Crippen MR) is 76.3 cm³/mol. The summed E-state index contributed by atoms with van der Waals surface area (Å²) < 4.78 is 18.4. The molecule has 1 aliphatic carbocycles. The van der Waals surface area contributed by atoms with Crippen molar-refractivity contribution in [2.24, 2.45) is 0 Å². The summed E-state index contributed by atoms with van der Waals surface area (Å²) in [7, 11) is -0.733. The summed E-state index contributed by atoms with van der Waals surface area (Å²) in [5.74, 6) is 0. The van der Waals surface area contributed by atoms with Crippen LogP contribution in [-0.4, -0.2) is 40.0 Å². The smallest absolute Gasteiger partial charge is 0.0691 e. The lowest BCUT2D eigenvalue weighted by Crippen LogP contribution is -2.47. The Morgan fingerprint density at radius 1 is 1.22 bits per heavy atom. The zero-order valence-electron chi connectivity index (χ0n) is 11.7. The maximum absolute atomic E-state index is 12.8. The summed E-state index contributed by atoms with van der Waals surface area (Å²) in [5, 5.41) is 4.22. The molecule has 0 amide bonds. The monoisotopic (exact) mass is 273 g/mol. The third kappa shape index (κ3) is 3.34. The van der Waals surface area contributed by atoms with Crippen molar-refractivity contribution in [1.29, 1.82) is 0 Å². The van der Waals surface area contributed by atoms with Crippen LogP contribution < -0.4 is 5.32 Å². The van der Waals surface area contributed by atoms with E-state index in [0.717, 1.165) is 32.4 Å². The van der Waals surface area contributed by atoms with Crippen molar-refractivity contribution < 1.29 is 8.95 Å². The van der Waals surface area contributed by atoms with Gasteiger partial charge in [0.15, 0.2) is 0 Å². The Morgan fingerprint density at radius 3 is 2.67 bits per heavy atom. The molecule has 0 aromatic carbocycles. The van der Waals surface area contributed by atoms with Gasteiger partial charge in [-0.2, -0.15) is 0 Å². The van der Waals surface area contributed by atoms with E-state index in [-0.39, 0.29) is 11.4 Å². The first-order valence-corrected chi connectivity index (χ1v) is 8.76. The van der Waals surface area contributed by atoms with Gasteiger partial charge in [-0.05, 0) is 39.2 Å². The Hall–Kier alpha value is 0.0700. The highest BCUT2D eigenvalue weighted by atomic mass is 32.2. The van der Waals surface area contributed by atoms with Crippen LogP contribution >= 0.6 is 0 Å². The Balaban J connectivity index is 1.96. The largest absolute Gasteiger partial charge is 0.377 e. The first kappa shape index (κ1) is 14.5. The molecule has 5 atom stereocenters. The van der Waals surface area contributed by atoms with Crippen LogP contribution in [0, 0.1) is 0 Å². The molecule has 1 heterocycles. The zero-order chi connectivity index (χ0) is 13.0. The minimum atomic E-state index is -0.733. The van der Waals surface area contributed by atoms with Crippen LogP contribution in [0.5, 0.6) is 0 Å². The van der Waals surface area contributed by atoms with Gasteiger partial charge in [0.1, 0.15) is 0 Å². The fourth-order valence-electron chi connectivity index (χ4n) is 3.18. The summed E-state index contributed by atoms with van der Waals surface area (Å²) in [6.45, 7) is 6.11. The quantitative estimate of drug-likeness (QED) is 0.835. The third-order valence-electron chi connectivity index (χ3n) is 4.26. The van der Waals surface area contributed by atoms with Crippen LogP contribution in [0.2, 0.25) is 0 Å². The van der Waals surface area contributed by atoms with Crippen molar-refractivity contribution in [3.63, 3.8) is 0 Å². The molecule has 0 aromatic heterocycles. The molecule has 5 unspecified atom stereocenters. The molecular formula is C14H27NO2S. The SMILES string of the molecule is CCCNC1CCCCC1S(=O)C1CCOC1C. The molecule has 3 nitrogen and oxygen atoms in total. The van der Waals surface area contributed by atoms with Gasteiger partial charge in [0.05, 0.1) is 16.6 Å². The molecule has 4 heteroatoms. The van der Waals surface area contributed by atoms with E-state index in [9.17, 15) is 4.21 Å². The molecule has 1 saturated carbocycles. The molecule has 2 fully saturated rings. The fraction of sp³-hybridized carbons (Fsp3) is 1.00. The molecule has 0 aromatic rings. The molecule has 1 saturated heterocycles. The van der Waals surface area contributed by atoms with Gasteiger partial charge in [0.2, 0.25) is 0 Å². The summed E-state index contributed by atoms with van der Waals surface area (Å²) in [5.41, 5.74) is 0. The van der Waals surface area contributed by atoms with Crippen LogP contribution in [0.15, 0.2) is 0 Å². The highest BCUT2D eigenvalue weighted by Crippen LogP contribution is 2.29. The minimum Gasteiger partial charge on any atom is -0.377 e. The maximum atomic E-state index is 12.8. The fourth-order valence-corrected chi connectivity index (χ4v) is 5.37. The molecule has 2 rings (SSSR count). The average Bonchev–Trinajstić information content (AvgIpc) is 2.82. The Labute approximate surface area is 114 Å². The lowest BCUT2D eigenvalue weighted by atomic mass is 9.95. The van der Waals surface area contributed by atoms with Crippen LogP contribution in [0.4, 0.5) is 0 Å². The van der Waals surface area contributed by atoms with E-state index < -0.39 is 10.8 Å². The lowest BCUT2D eigenvalue weighted by Gasteiger charge is -2.33. The molecule has 0 radical (unpaired) electrons. The second kappa shape index (κ2) is 7.01. The first-order valence-electron chi connectivity index (χ1n) is 7.48. The number of ether oxygens (including phenoxy) is 1. The third-order valence-corrected chi connectivity index (χ3v) is 6.64. The molecule has 2 aliphatic rings. The first-order chi connectivity index (χ1) is 8.74. The van der Waals surface area contributed by atoms with E-state index in [1.165, 1.54) is 19.3 Å². The van der Waals surface area contributed by atoms with Gasteiger partial charge in [-0.1, -0.05) is 19.8 Å². The highest BCUT2D eigenvalue weighted by Gasteiger charge is 2.37. The minimum absolute atomic E-state index is 0.180. The van der Waals surface area contributed by atoms with E-state index in [0.29, 0.717) is 11.3 Å². The van der Waals surface area contributed by atoms with Gasteiger partial charge in [0, 0.05) is 23.4 Å². The molecule has 0 spiro atoms. The van der Waals surface area contributed by atoms with E-state index in [1.807, 2.05) is 0 Å². The van der Waals surface area contributed by atoms with Gasteiger partial charge in [-0.3, -0.25) is 4.21 Å². The second-order valence-corrected chi connectivity index (χ2v) is 7.48. The Kier molecular flexibility index (Phi) is 5.64. The normalized spacial score (nSPS) is 38.8. The van der Waals surface area contributed by atoms with Crippen molar-refractivity contribution in [3.8, 4) is 0 Å². The summed E-state index contributed by atoms with van der Waals surface area (Å²) in [6.07, 6.45) is 7.15. The van der Waals surface area contributed by atoms with Crippen molar-refractivity contribution in [2.45, 2.75) is 75.0 Å². The number of nitrogens with one attached hydrogen (secondary N) is 1. The van der Waals surface area contributed by atoms with Crippen molar-refractivity contribution >= 4 is 10.8 Å². The van der Waals surface area contributed by atoms with Crippen molar-refractivity contribution in [2.75, 3.05) is 13.2 Å². The summed E-state index contributed by atoms with van der Waals surface area (Å²) in [4.78, 5) is 0. The van der Waals surface area contributed by atoms with Crippen molar-refractivity contribution in [1.82, 2.24) is 5.32 Å². The zero-order valence-corrected chi connectivity index (χ0v) is 12.5. The molecule has 0 bridgehead atoms. The molecule has 106 valence electrons. The number of rotatable bonds is 5. The molecule has 18 heavy (non-hydrogen) atoms. The van der Waals surface area contributed by atoms with Crippen molar-refractivity contribution in [3.05, 3.63) is 0 Å². The van der Waals surface area contributed by atoms with Gasteiger partial charge < -0.3 is 10.1 Å². The van der Waals surface area contributed by atoms with E-state index in [4.69, 9.17) is 4.74 Å². The predicted octanol–water partition coefficient (Wildman–Crippen LogP) is 2.22. The standard InChI is InChI=1S/C14H27NO2S/c1-3-9-15-12-6-4-5-7-14(12)18(16)13-8-10-17-11(13)2/h11-15H,3-10H2,1-2H3. The number of hydrogen-bond donors (Lipinski definition) is 1. The second-order valence-electron chi connectivity index (χ2n) is 5.62. The average molecular weight is 273 g/mol. The topological polar surface area (TPSA) is 38.3 Å². The number of hydrogen-bond acceptors (Lipinski definition) is 3. The van der Waals surface area contributed by atoms with E-state index in [1.54, 1.807) is 0 Å². The molecule has 1 N–H and O–H groups in total.